The number of carbonyl (C=O) groups is 2. The Morgan fingerprint density at radius 3 is 2.74 bits per heavy atom. The van der Waals surface area contributed by atoms with E-state index in [2.05, 4.69) is 15.0 Å². The van der Waals surface area contributed by atoms with Crippen LogP contribution in [0.25, 0.3) is 0 Å². The zero-order valence-electron chi connectivity index (χ0n) is 12.4. The molecule has 1 aromatic rings. The van der Waals surface area contributed by atoms with Crippen LogP contribution in [-0.4, -0.2) is 43.8 Å². The number of benzene rings is 1. The van der Waals surface area contributed by atoms with Crippen LogP contribution >= 0.6 is 0 Å². The van der Waals surface area contributed by atoms with Gasteiger partial charge in [-0.3, -0.25) is 19.3 Å². The number of amides is 1. The highest BCUT2D eigenvalue weighted by Gasteiger charge is 2.31. The highest BCUT2D eigenvalue weighted by atomic mass is 32.2. The fraction of sp³-hybridized carbons (Fsp3) is 0.357. The molecule has 3 N–H and O–H groups in total. The van der Waals surface area contributed by atoms with E-state index in [4.69, 9.17) is 5.11 Å². The van der Waals surface area contributed by atoms with E-state index in [1.165, 1.54) is 13.0 Å². The first-order valence-corrected chi connectivity index (χ1v) is 8.49. The van der Waals surface area contributed by atoms with E-state index in [0.717, 1.165) is 0 Å². The van der Waals surface area contributed by atoms with Crippen molar-refractivity contribution in [1.82, 2.24) is 10.0 Å². The molecule has 1 aliphatic rings. The molecule has 1 atom stereocenters. The average molecular weight is 339 g/mol. The molecule has 0 bridgehead atoms. The molecular formula is C14H17N3O5S. The molecule has 0 spiro atoms. The Hall–Kier alpha value is -2.42. The molecule has 0 radical (unpaired) electrons. The molecular weight excluding hydrogens is 322 g/mol. The summed E-state index contributed by atoms with van der Waals surface area (Å²) in [6.45, 7) is 1.76. The van der Waals surface area contributed by atoms with Crippen LogP contribution in [0.3, 0.4) is 0 Å². The number of hydrogen-bond donors (Lipinski definition) is 3. The van der Waals surface area contributed by atoms with Gasteiger partial charge in [-0.25, -0.2) is 8.42 Å². The minimum absolute atomic E-state index is 0.0314. The molecule has 0 aromatic heterocycles. The first-order chi connectivity index (χ1) is 10.8. The number of carbonyl (C=O) groups excluding carboxylic acids is 1. The summed E-state index contributed by atoms with van der Waals surface area (Å²) in [4.78, 5) is 26.5. The van der Waals surface area contributed by atoms with Crippen LogP contribution < -0.4 is 10.0 Å². The maximum Gasteiger partial charge on any atom is 0.303 e. The number of nitrogens with zero attached hydrogens (tertiary/aromatic N) is 1. The quantitative estimate of drug-likeness (QED) is 0.634. The van der Waals surface area contributed by atoms with Crippen molar-refractivity contribution >= 4 is 27.7 Å². The van der Waals surface area contributed by atoms with Crippen molar-refractivity contribution in [2.24, 2.45) is 4.99 Å². The van der Waals surface area contributed by atoms with Crippen LogP contribution in [0.5, 0.6) is 0 Å². The molecule has 1 heterocycles. The minimum Gasteiger partial charge on any atom is -0.481 e. The maximum absolute atomic E-state index is 11.9. The Morgan fingerprint density at radius 1 is 1.35 bits per heavy atom. The molecule has 9 heteroatoms. The molecule has 124 valence electrons. The largest absolute Gasteiger partial charge is 0.481 e. The Balaban J connectivity index is 2.04. The van der Waals surface area contributed by atoms with Crippen LogP contribution in [-0.2, 0) is 19.6 Å². The van der Waals surface area contributed by atoms with E-state index >= 15 is 0 Å². The normalized spacial score (nSPS) is 18.0. The first-order valence-electron chi connectivity index (χ1n) is 7.01. The van der Waals surface area contributed by atoms with Crippen LogP contribution in [0.15, 0.2) is 34.2 Å². The molecule has 23 heavy (non-hydrogen) atoms. The van der Waals surface area contributed by atoms with E-state index in [-0.39, 0.29) is 23.7 Å². The lowest BCUT2D eigenvalue weighted by molar-refractivity contribution is -0.137. The number of amidine groups is 1. The average Bonchev–Trinajstić information content (AvgIpc) is 2.75. The summed E-state index contributed by atoms with van der Waals surface area (Å²) < 4.78 is 26.2. The molecule has 1 amide bonds. The van der Waals surface area contributed by atoms with Gasteiger partial charge in [0.25, 0.3) is 10.0 Å². The second-order valence-electron chi connectivity index (χ2n) is 5.04. The Kier molecular flexibility index (Phi) is 4.99. The van der Waals surface area contributed by atoms with Gasteiger partial charge in [-0.05, 0) is 25.5 Å². The van der Waals surface area contributed by atoms with Gasteiger partial charge in [0.15, 0.2) is 0 Å². The van der Waals surface area contributed by atoms with E-state index < -0.39 is 27.9 Å². The zero-order chi connectivity index (χ0) is 17.0. The number of carboxylic acid groups (broad SMARTS) is 1. The molecule has 1 unspecified atom stereocenters. The van der Waals surface area contributed by atoms with Gasteiger partial charge in [-0.1, -0.05) is 12.1 Å². The van der Waals surface area contributed by atoms with Crippen LogP contribution in [0, 0.1) is 0 Å². The topological polar surface area (TPSA) is 125 Å². The summed E-state index contributed by atoms with van der Waals surface area (Å²) in [6, 6.07) is 5.58. The van der Waals surface area contributed by atoms with Crippen LogP contribution in [0.1, 0.15) is 25.3 Å². The van der Waals surface area contributed by atoms with Gasteiger partial charge < -0.3 is 10.4 Å². The van der Waals surface area contributed by atoms with Crippen LogP contribution in [0.2, 0.25) is 0 Å². The summed E-state index contributed by atoms with van der Waals surface area (Å²) in [7, 11) is -3.63. The van der Waals surface area contributed by atoms with Crippen molar-refractivity contribution in [3.8, 4) is 0 Å². The number of fused-ring (bicyclic) bond motifs is 1. The lowest BCUT2D eigenvalue weighted by Crippen LogP contribution is -2.34. The third kappa shape index (κ3) is 4.07. The molecule has 8 nitrogen and oxygen atoms in total. The lowest BCUT2D eigenvalue weighted by Gasteiger charge is -2.09. The van der Waals surface area contributed by atoms with Gasteiger partial charge in [0, 0.05) is 18.5 Å². The predicted molar refractivity (Wildman–Crippen MR) is 82.6 cm³/mol. The highest BCUT2D eigenvalue weighted by molar-refractivity contribution is 7.90. The van der Waals surface area contributed by atoms with Gasteiger partial charge in [-0.15, -0.1) is 0 Å². The second kappa shape index (κ2) is 6.78. The number of sulfonamides is 1. The number of hydrogen-bond acceptors (Lipinski definition) is 5. The van der Waals surface area contributed by atoms with Gasteiger partial charge in [0.2, 0.25) is 5.91 Å². The second-order valence-corrected chi connectivity index (χ2v) is 6.69. The number of rotatable bonds is 6. The van der Waals surface area contributed by atoms with Crippen LogP contribution in [0.4, 0.5) is 0 Å². The zero-order valence-corrected chi connectivity index (χ0v) is 13.3. The van der Waals surface area contributed by atoms with Gasteiger partial charge in [-0.2, -0.15) is 0 Å². The summed E-state index contributed by atoms with van der Waals surface area (Å²) in [6.07, 6.45) is 0.288. The standard InChI is InChI=1S/C14H17N3O5S/c1-9(14(20)15-8-4-7-12(18)19)16-13-10-5-2-3-6-11(10)23(21,22)17-13/h2-3,5-6,9H,4,7-8H2,1H3,(H,15,20)(H,16,17)(H,18,19). The summed E-state index contributed by atoms with van der Waals surface area (Å²) in [5.74, 6) is -1.19. The summed E-state index contributed by atoms with van der Waals surface area (Å²) in [5, 5.41) is 11.1. The Bertz CT molecular complexity index is 757. The molecule has 2 rings (SSSR count). The van der Waals surface area contributed by atoms with Crippen molar-refractivity contribution in [3.63, 3.8) is 0 Å². The van der Waals surface area contributed by atoms with Gasteiger partial charge >= 0.3 is 5.97 Å². The van der Waals surface area contributed by atoms with E-state index in [9.17, 15) is 18.0 Å². The maximum atomic E-state index is 11.9. The van der Waals surface area contributed by atoms with Gasteiger partial charge in [0.05, 0.1) is 4.90 Å². The number of carboxylic acids is 1. The lowest BCUT2D eigenvalue weighted by atomic mass is 10.2. The fourth-order valence-corrected chi connectivity index (χ4v) is 3.32. The molecule has 1 aromatic carbocycles. The minimum atomic E-state index is -3.63. The van der Waals surface area contributed by atoms with Crippen molar-refractivity contribution in [2.45, 2.75) is 30.7 Å². The third-order valence-corrected chi connectivity index (χ3v) is 4.63. The molecule has 0 aliphatic carbocycles. The number of aliphatic carboxylic acids is 1. The van der Waals surface area contributed by atoms with Crippen molar-refractivity contribution in [2.75, 3.05) is 6.54 Å². The molecule has 0 fully saturated rings. The fourth-order valence-electron chi connectivity index (χ4n) is 2.08. The highest BCUT2D eigenvalue weighted by Crippen LogP contribution is 2.22. The summed E-state index contributed by atoms with van der Waals surface area (Å²) >= 11 is 0. The predicted octanol–water partition coefficient (Wildman–Crippen LogP) is 0.0946. The third-order valence-electron chi connectivity index (χ3n) is 3.23. The van der Waals surface area contributed by atoms with E-state index in [1.807, 2.05) is 0 Å². The monoisotopic (exact) mass is 339 g/mol. The van der Waals surface area contributed by atoms with Gasteiger partial charge in [0.1, 0.15) is 11.9 Å². The summed E-state index contributed by atoms with van der Waals surface area (Å²) in [5.41, 5.74) is 0.429. The number of nitrogens with one attached hydrogen (secondary N) is 2. The molecule has 0 saturated carbocycles. The van der Waals surface area contributed by atoms with Crippen molar-refractivity contribution in [1.29, 1.82) is 0 Å². The Labute approximate surface area is 133 Å². The number of aliphatic imine (C=N–C) groups is 1. The SMILES string of the molecule is CC(N=C1NS(=O)(=O)c2ccccc21)C(=O)NCCCC(=O)O. The smallest absolute Gasteiger partial charge is 0.303 e. The Morgan fingerprint density at radius 2 is 2.04 bits per heavy atom. The molecule has 1 aliphatic heterocycles. The molecule has 0 saturated heterocycles. The van der Waals surface area contributed by atoms with E-state index in [0.29, 0.717) is 12.0 Å². The van der Waals surface area contributed by atoms with Crippen molar-refractivity contribution in [3.05, 3.63) is 29.8 Å². The first kappa shape index (κ1) is 16.9. The van der Waals surface area contributed by atoms with E-state index in [1.54, 1.807) is 18.2 Å². The van der Waals surface area contributed by atoms with Crippen molar-refractivity contribution < 1.29 is 23.1 Å².